The Hall–Kier alpha value is -3.78. The predicted octanol–water partition coefficient (Wildman–Crippen LogP) is 2.18. The average molecular weight is 388 g/mol. The molecule has 8 nitrogen and oxygen atoms in total. The topological polar surface area (TPSA) is 101 Å². The maximum absolute atomic E-state index is 12.5. The molecule has 3 N–H and O–H groups in total. The van der Waals surface area contributed by atoms with Crippen molar-refractivity contribution >= 4 is 11.7 Å². The molecule has 1 aromatic carbocycles. The van der Waals surface area contributed by atoms with Gasteiger partial charge in [0.15, 0.2) is 12.1 Å². The molecule has 0 spiro atoms. The van der Waals surface area contributed by atoms with E-state index in [0.717, 1.165) is 5.56 Å². The zero-order valence-corrected chi connectivity index (χ0v) is 15.7. The number of aromatic nitrogens is 2. The molecule has 29 heavy (non-hydrogen) atoms. The van der Waals surface area contributed by atoms with Crippen molar-refractivity contribution in [1.82, 2.24) is 26.1 Å². The fraction of sp³-hybridized carbons (Fsp3) is 0.143. The quantitative estimate of drug-likeness (QED) is 0.598. The summed E-state index contributed by atoms with van der Waals surface area (Å²) in [6, 6.07) is 18.7. The predicted molar refractivity (Wildman–Crippen MR) is 108 cm³/mol. The van der Waals surface area contributed by atoms with E-state index < -0.39 is 6.29 Å². The largest absolute Gasteiger partial charge is 0.470 e. The van der Waals surface area contributed by atoms with Crippen molar-refractivity contribution in [2.24, 2.45) is 4.99 Å². The lowest BCUT2D eigenvalue weighted by Crippen LogP contribution is -2.45. The Labute approximate surface area is 168 Å². The van der Waals surface area contributed by atoms with E-state index in [1.807, 2.05) is 55.5 Å². The lowest BCUT2D eigenvalue weighted by molar-refractivity contribution is 0.0931. The molecular formula is C21H20N6O2. The minimum atomic E-state index is -0.603. The number of benzene rings is 1. The van der Waals surface area contributed by atoms with Crippen LogP contribution in [0.25, 0.3) is 0 Å². The molecule has 1 aliphatic rings. The van der Waals surface area contributed by atoms with Gasteiger partial charge in [0.1, 0.15) is 11.8 Å². The highest BCUT2D eigenvalue weighted by Gasteiger charge is 2.20. The molecule has 0 saturated heterocycles. The highest BCUT2D eigenvalue weighted by molar-refractivity contribution is 5.98. The first-order valence-corrected chi connectivity index (χ1v) is 9.18. The Morgan fingerprint density at radius 1 is 1.07 bits per heavy atom. The molecule has 0 radical (unpaired) electrons. The Balaban J connectivity index is 1.36. The number of amidine groups is 1. The van der Waals surface area contributed by atoms with Crippen molar-refractivity contribution in [1.29, 1.82) is 0 Å². The van der Waals surface area contributed by atoms with E-state index in [-0.39, 0.29) is 12.0 Å². The van der Waals surface area contributed by atoms with E-state index in [4.69, 9.17) is 4.74 Å². The summed E-state index contributed by atoms with van der Waals surface area (Å²) in [5.74, 6) is 0.715. The molecule has 2 unspecified atom stereocenters. The van der Waals surface area contributed by atoms with Crippen LogP contribution in [0.4, 0.5) is 0 Å². The number of pyridine rings is 2. The number of nitrogens with one attached hydrogen (secondary N) is 3. The van der Waals surface area contributed by atoms with Crippen LogP contribution in [0.3, 0.4) is 0 Å². The molecule has 146 valence electrons. The molecule has 2 aromatic heterocycles. The van der Waals surface area contributed by atoms with Gasteiger partial charge in [-0.05, 0) is 30.7 Å². The van der Waals surface area contributed by atoms with Crippen LogP contribution in [0.5, 0.6) is 5.88 Å². The van der Waals surface area contributed by atoms with Gasteiger partial charge in [-0.2, -0.15) is 5.43 Å². The van der Waals surface area contributed by atoms with E-state index >= 15 is 0 Å². The number of rotatable bonds is 6. The van der Waals surface area contributed by atoms with Gasteiger partial charge in [-0.15, -0.1) is 0 Å². The van der Waals surface area contributed by atoms with Crippen LogP contribution in [-0.4, -0.2) is 28.0 Å². The summed E-state index contributed by atoms with van der Waals surface area (Å²) in [5.41, 5.74) is 7.95. The van der Waals surface area contributed by atoms with Gasteiger partial charge in [0, 0.05) is 18.5 Å². The molecular weight excluding hydrogens is 368 g/mol. The zero-order chi connectivity index (χ0) is 20.1. The Morgan fingerprint density at radius 2 is 1.90 bits per heavy atom. The van der Waals surface area contributed by atoms with E-state index in [2.05, 4.69) is 31.1 Å². The smallest absolute Gasteiger partial charge is 0.255 e. The van der Waals surface area contributed by atoms with Crippen molar-refractivity contribution in [3.05, 3.63) is 89.9 Å². The first kappa shape index (κ1) is 18.6. The van der Waals surface area contributed by atoms with Crippen LogP contribution in [-0.2, 0) is 0 Å². The second-order valence-electron chi connectivity index (χ2n) is 6.39. The van der Waals surface area contributed by atoms with Gasteiger partial charge in [-0.25, -0.2) is 9.98 Å². The summed E-state index contributed by atoms with van der Waals surface area (Å²) in [7, 11) is 0. The molecule has 3 heterocycles. The fourth-order valence-electron chi connectivity index (χ4n) is 2.80. The van der Waals surface area contributed by atoms with E-state index in [1.54, 1.807) is 18.3 Å². The molecule has 0 saturated carbocycles. The highest BCUT2D eigenvalue weighted by Crippen LogP contribution is 2.19. The summed E-state index contributed by atoms with van der Waals surface area (Å²) in [5, 5.41) is 2.77. The van der Waals surface area contributed by atoms with Gasteiger partial charge in [0.2, 0.25) is 5.88 Å². The third kappa shape index (κ3) is 4.56. The van der Waals surface area contributed by atoms with Crippen LogP contribution < -0.4 is 20.9 Å². The first-order valence-electron chi connectivity index (χ1n) is 9.18. The standard InChI is InChI=1S/C21H20N6O2/c1-14(15-7-3-2-4-8-15)29-18-11-10-16(13-23-18)20(28)25-21-24-19(26-27-21)17-9-5-6-12-22-17/h2-14,21,27H,1H3,(H,24,26)(H,25,28). The van der Waals surface area contributed by atoms with Crippen LogP contribution >= 0.6 is 0 Å². The number of carbonyl (C=O) groups is 1. The number of ether oxygens (including phenoxy) is 1. The first-order chi connectivity index (χ1) is 14.2. The van der Waals surface area contributed by atoms with Crippen LogP contribution in [0.2, 0.25) is 0 Å². The number of amides is 1. The number of aliphatic imine (C=N–C) groups is 1. The lowest BCUT2D eigenvalue weighted by Gasteiger charge is -2.14. The van der Waals surface area contributed by atoms with Gasteiger partial charge < -0.3 is 15.5 Å². The molecule has 4 rings (SSSR count). The maximum atomic E-state index is 12.5. The van der Waals surface area contributed by atoms with Gasteiger partial charge in [-0.3, -0.25) is 9.78 Å². The van der Waals surface area contributed by atoms with Crippen molar-refractivity contribution in [2.75, 3.05) is 0 Å². The summed E-state index contributed by atoms with van der Waals surface area (Å²) >= 11 is 0. The van der Waals surface area contributed by atoms with Gasteiger partial charge in [0.05, 0.1) is 5.56 Å². The molecule has 0 bridgehead atoms. The number of hydrogen-bond donors (Lipinski definition) is 3. The third-order valence-corrected chi connectivity index (χ3v) is 4.33. The summed E-state index contributed by atoms with van der Waals surface area (Å²) in [4.78, 5) is 25.3. The van der Waals surface area contributed by atoms with Crippen LogP contribution in [0.15, 0.2) is 78.0 Å². The van der Waals surface area contributed by atoms with Gasteiger partial charge >= 0.3 is 0 Å². The lowest BCUT2D eigenvalue weighted by atomic mass is 10.1. The molecule has 2 atom stereocenters. The molecule has 1 aliphatic heterocycles. The monoisotopic (exact) mass is 388 g/mol. The molecule has 0 aliphatic carbocycles. The van der Waals surface area contributed by atoms with Gasteiger partial charge in [-0.1, -0.05) is 36.4 Å². The van der Waals surface area contributed by atoms with E-state index in [9.17, 15) is 4.79 Å². The fourth-order valence-corrected chi connectivity index (χ4v) is 2.80. The normalized spacial score (nSPS) is 16.4. The number of carbonyl (C=O) groups excluding carboxylic acids is 1. The third-order valence-electron chi connectivity index (χ3n) is 4.33. The van der Waals surface area contributed by atoms with Crippen molar-refractivity contribution in [2.45, 2.75) is 19.3 Å². The Morgan fingerprint density at radius 3 is 2.62 bits per heavy atom. The van der Waals surface area contributed by atoms with Crippen LogP contribution in [0, 0.1) is 0 Å². The zero-order valence-electron chi connectivity index (χ0n) is 15.7. The second kappa shape index (κ2) is 8.49. The SMILES string of the molecule is CC(Oc1ccc(C(=O)NC2N=C(c3ccccn3)NN2)cn1)c1ccccc1. The average Bonchev–Trinajstić information content (AvgIpc) is 3.24. The minimum absolute atomic E-state index is 0.142. The van der Waals surface area contributed by atoms with Crippen molar-refractivity contribution in [3.8, 4) is 5.88 Å². The number of nitrogens with zero attached hydrogens (tertiary/aromatic N) is 3. The van der Waals surface area contributed by atoms with Crippen molar-refractivity contribution < 1.29 is 9.53 Å². The van der Waals surface area contributed by atoms with Gasteiger partial charge in [0.25, 0.3) is 5.91 Å². The summed E-state index contributed by atoms with van der Waals surface area (Å²) < 4.78 is 5.84. The molecule has 0 fully saturated rings. The number of hydrogen-bond acceptors (Lipinski definition) is 7. The number of hydrazine groups is 1. The minimum Gasteiger partial charge on any atom is -0.470 e. The Bertz CT molecular complexity index is 993. The van der Waals surface area contributed by atoms with Crippen molar-refractivity contribution in [3.63, 3.8) is 0 Å². The second-order valence-corrected chi connectivity index (χ2v) is 6.39. The Kier molecular flexibility index (Phi) is 5.44. The summed E-state index contributed by atoms with van der Waals surface area (Å²) in [6.45, 7) is 1.95. The molecule has 3 aromatic rings. The van der Waals surface area contributed by atoms with E-state index in [0.29, 0.717) is 23.0 Å². The highest BCUT2D eigenvalue weighted by atomic mass is 16.5. The molecule has 8 heteroatoms. The maximum Gasteiger partial charge on any atom is 0.255 e. The van der Waals surface area contributed by atoms with Crippen LogP contribution in [0.1, 0.15) is 34.6 Å². The molecule has 1 amide bonds. The summed E-state index contributed by atoms with van der Waals surface area (Å²) in [6.07, 6.45) is 2.41. The van der Waals surface area contributed by atoms with E-state index in [1.165, 1.54) is 6.20 Å².